The Hall–Kier alpha value is -2.71. The summed E-state index contributed by atoms with van der Waals surface area (Å²) >= 11 is 0. The Morgan fingerprint density at radius 2 is 1.59 bits per heavy atom. The van der Waals surface area contributed by atoms with Crippen molar-refractivity contribution >= 4 is 21.9 Å². The number of hydrogen-bond donors (Lipinski definition) is 1. The van der Waals surface area contributed by atoms with Gasteiger partial charge < -0.3 is 10.1 Å². The average Bonchev–Trinajstić information content (AvgIpc) is 2.71. The number of amides is 1. The molecule has 0 aliphatic rings. The van der Waals surface area contributed by atoms with E-state index in [1.807, 2.05) is 19.9 Å². The smallest absolute Gasteiger partial charge is 0.321 e. The van der Waals surface area contributed by atoms with Gasteiger partial charge in [-0.25, -0.2) is 8.42 Å². The third-order valence-electron chi connectivity index (χ3n) is 3.96. The van der Waals surface area contributed by atoms with Crippen molar-refractivity contribution in [3.05, 3.63) is 66.2 Å². The van der Waals surface area contributed by atoms with Gasteiger partial charge in [0.05, 0.1) is 4.90 Å². The van der Waals surface area contributed by atoms with Crippen LogP contribution in [-0.2, 0) is 30.9 Å². The van der Waals surface area contributed by atoms with Crippen molar-refractivity contribution in [2.24, 2.45) is 5.92 Å². The normalized spacial score (nSPS) is 11.4. The van der Waals surface area contributed by atoms with Gasteiger partial charge in [-0.2, -0.15) is 4.31 Å². The van der Waals surface area contributed by atoms with Crippen LogP contribution in [-0.4, -0.2) is 44.3 Å². The Balaban J connectivity index is 2.09. The minimum Gasteiger partial charge on any atom is -0.455 e. The quantitative estimate of drug-likeness (QED) is 0.597. The lowest BCUT2D eigenvalue weighted by atomic mass is 10.2. The number of sulfonamides is 1. The second-order valence-corrected chi connectivity index (χ2v) is 8.87. The summed E-state index contributed by atoms with van der Waals surface area (Å²) in [6.45, 7) is 3.43. The van der Waals surface area contributed by atoms with Crippen molar-refractivity contribution in [1.82, 2.24) is 9.62 Å². The lowest BCUT2D eigenvalue weighted by Gasteiger charge is -2.21. The Kier molecular flexibility index (Phi) is 8.35. The van der Waals surface area contributed by atoms with Gasteiger partial charge in [0.15, 0.2) is 6.61 Å². The summed E-state index contributed by atoms with van der Waals surface area (Å²) in [6, 6.07) is 16.8. The van der Waals surface area contributed by atoms with Crippen LogP contribution < -0.4 is 5.32 Å². The first-order chi connectivity index (χ1) is 13.8. The van der Waals surface area contributed by atoms with Gasteiger partial charge in [-0.05, 0) is 23.6 Å². The Morgan fingerprint density at radius 3 is 2.17 bits per heavy atom. The predicted molar refractivity (Wildman–Crippen MR) is 109 cm³/mol. The molecule has 0 fully saturated rings. The average molecular weight is 419 g/mol. The molecule has 2 rings (SSSR count). The van der Waals surface area contributed by atoms with Gasteiger partial charge in [0.1, 0.15) is 6.54 Å². The topological polar surface area (TPSA) is 92.8 Å². The molecule has 0 heterocycles. The van der Waals surface area contributed by atoms with Crippen molar-refractivity contribution in [3.63, 3.8) is 0 Å². The molecule has 0 saturated heterocycles. The first-order valence-corrected chi connectivity index (χ1v) is 10.7. The third kappa shape index (κ3) is 7.32. The largest absolute Gasteiger partial charge is 0.455 e. The monoisotopic (exact) mass is 418 g/mol. The molecule has 29 heavy (non-hydrogen) atoms. The fraction of sp³-hybridized carbons (Fsp3) is 0.333. The molecule has 0 aromatic heterocycles. The molecule has 156 valence electrons. The summed E-state index contributed by atoms with van der Waals surface area (Å²) in [5, 5.41) is 2.64. The number of carbonyl (C=O) groups is 2. The SMILES string of the molecule is CC(C)CNC(=O)COC(=O)CN(Cc1ccccc1)S(=O)(=O)c1ccccc1. The highest BCUT2D eigenvalue weighted by molar-refractivity contribution is 7.89. The van der Waals surface area contributed by atoms with Crippen molar-refractivity contribution < 1.29 is 22.7 Å². The van der Waals surface area contributed by atoms with Crippen molar-refractivity contribution in [2.45, 2.75) is 25.3 Å². The van der Waals surface area contributed by atoms with Crippen LogP contribution in [0, 0.1) is 5.92 Å². The molecular weight excluding hydrogens is 392 g/mol. The molecule has 0 saturated carbocycles. The van der Waals surface area contributed by atoms with Crippen LogP contribution in [0.15, 0.2) is 65.6 Å². The van der Waals surface area contributed by atoms with E-state index in [-0.39, 0.29) is 17.4 Å². The molecule has 1 N–H and O–H groups in total. The molecule has 7 nitrogen and oxygen atoms in total. The summed E-state index contributed by atoms with van der Waals surface area (Å²) in [6.07, 6.45) is 0. The maximum absolute atomic E-state index is 13.0. The number of ether oxygens (including phenoxy) is 1. The van der Waals surface area contributed by atoms with E-state index in [2.05, 4.69) is 5.32 Å². The summed E-state index contributed by atoms with van der Waals surface area (Å²) in [4.78, 5) is 24.1. The fourth-order valence-corrected chi connectivity index (χ4v) is 3.85. The van der Waals surface area contributed by atoms with Gasteiger partial charge in [0.25, 0.3) is 5.91 Å². The van der Waals surface area contributed by atoms with E-state index < -0.39 is 35.1 Å². The third-order valence-corrected chi connectivity index (χ3v) is 5.77. The van der Waals surface area contributed by atoms with E-state index in [0.717, 1.165) is 9.87 Å². The number of benzene rings is 2. The molecule has 0 bridgehead atoms. The first-order valence-electron chi connectivity index (χ1n) is 9.30. The van der Waals surface area contributed by atoms with E-state index >= 15 is 0 Å². The highest BCUT2D eigenvalue weighted by Gasteiger charge is 2.27. The van der Waals surface area contributed by atoms with Crippen LogP contribution in [0.4, 0.5) is 0 Å². The molecule has 0 aliphatic heterocycles. The fourth-order valence-electron chi connectivity index (χ4n) is 2.46. The van der Waals surface area contributed by atoms with Crippen LogP contribution in [0.1, 0.15) is 19.4 Å². The van der Waals surface area contributed by atoms with Crippen LogP contribution in [0.5, 0.6) is 0 Å². The molecule has 0 aliphatic carbocycles. The lowest BCUT2D eigenvalue weighted by molar-refractivity contribution is -0.148. The lowest BCUT2D eigenvalue weighted by Crippen LogP contribution is -2.37. The zero-order valence-corrected chi connectivity index (χ0v) is 17.4. The molecule has 2 aromatic carbocycles. The van der Waals surface area contributed by atoms with E-state index in [4.69, 9.17) is 4.74 Å². The highest BCUT2D eigenvalue weighted by atomic mass is 32.2. The first kappa shape index (κ1) is 22.6. The van der Waals surface area contributed by atoms with Gasteiger partial charge >= 0.3 is 5.97 Å². The van der Waals surface area contributed by atoms with E-state index in [9.17, 15) is 18.0 Å². The summed E-state index contributed by atoms with van der Waals surface area (Å²) in [5.41, 5.74) is 0.731. The molecule has 1 amide bonds. The maximum Gasteiger partial charge on any atom is 0.321 e. The number of hydrogen-bond acceptors (Lipinski definition) is 5. The Morgan fingerprint density at radius 1 is 1.00 bits per heavy atom. The highest BCUT2D eigenvalue weighted by Crippen LogP contribution is 2.18. The van der Waals surface area contributed by atoms with Crippen LogP contribution >= 0.6 is 0 Å². The van der Waals surface area contributed by atoms with Crippen LogP contribution in [0.25, 0.3) is 0 Å². The number of nitrogens with one attached hydrogen (secondary N) is 1. The maximum atomic E-state index is 13.0. The molecule has 0 spiro atoms. The molecular formula is C21H26N2O5S. The second-order valence-electron chi connectivity index (χ2n) is 6.93. The minimum absolute atomic E-state index is 0.00666. The summed E-state index contributed by atoms with van der Waals surface area (Å²) in [7, 11) is -3.92. The van der Waals surface area contributed by atoms with Crippen LogP contribution in [0.3, 0.4) is 0 Å². The minimum atomic E-state index is -3.92. The molecule has 0 atom stereocenters. The van der Waals surface area contributed by atoms with E-state index in [1.54, 1.807) is 42.5 Å². The van der Waals surface area contributed by atoms with E-state index in [0.29, 0.717) is 6.54 Å². The van der Waals surface area contributed by atoms with Gasteiger partial charge in [-0.15, -0.1) is 0 Å². The van der Waals surface area contributed by atoms with E-state index in [1.165, 1.54) is 12.1 Å². The number of nitrogens with zero attached hydrogens (tertiary/aromatic N) is 1. The van der Waals surface area contributed by atoms with Crippen molar-refractivity contribution in [2.75, 3.05) is 19.7 Å². The van der Waals surface area contributed by atoms with Crippen molar-refractivity contribution in [1.29, 1.82) is 0 Å². The second kappa shape index (κ2) is 10.7. The zero-order valence-electron chi connectivity index (χ0n) is 16.6. The molecule has 2 aromatic rings. The van der Waals surface area contributed by atoms with Gasteiger partial charge in [-0.1, -0.05) is 62.4 Å². The Bertz CT molecular complexity index is 899. The Labute approximate surface area is 171 Å². The van der Waals surface area contributed by atoms with Gasteiger partial charge in [0.2, 0.25) is 10.0 Å². The van der Waals surface area contributed by atoms with Gasteiger partial charge in [0, 0.05) is 13.1 Å². The molecule has 0 unspecified atom stereocenters. The number of rotatable bonds is 10. The number of carbonyl (C=O) groups excluding carboxylic acids is 2. The molecule has 8 heteroatoms. The van der Waals surface area contributed by atoms with Crippen LogP contribution in [0.2, 0.25) is 0 Å². The summed E-state index contributed by atoms with van der Waals surface area (Å²) < 4.78 is 32.1. The predicted octanol–water partition coefficient (Wildman–Crippen LogP) is 2.19. The summed E-state index contributed by atoms with van der Waals surface area (Å²) in [5.74, 6) is -0.945. The molecule has 0 radical (unpaired) electrons. The number of esters is 1. The van der Waals surface area contributed by atoms with Gasteiger partial charge in [-0.3, -0.25) is 9.59 Å². The van der Waals surface area contributed by atoms with Crippen molar-refractivity contribution in [3.8, 4) is 0 Å². The zero-order chi connectivity index (χ0) is 21.3. The standard InChI is InChI=1S/C21H26N2O5S/c1-17(2)13-22-20(24)16-28-21(25)15-23(14-18-9-5-3-6-10-18)29(26,27)19-11-7-4-8-12-19/h3-12,17H,13-16H2,1-2H3,(H,22,24).